The lowest BCUT2D eigenvalue weighted by molar-refractivity contribution is 0.102. The molecule has 2 rings (SSSR count). The number of imidazole rings is 1. The van der Waals surface area contributed by atoms with E-state index in [1.54, 1.807) is 17.1 Å². The second-order valence-electron chi connectivity index (χ2n) is 4.34. The molecule has 1 amide bonds. The van der Waals surface area contributed by atoms with Crippen LogP contribution >= 0.6 is 31.9 Å². The third-order valence-corrected chi connectivity index (χ3v) is 3.93. The van der Waals surface area contributed by atoms with Gasteiger partial charge >= 0.3 is 0 Å². The van der Waals surface area contributed by atoms with Gasteiger partial charge in [-0.05, 0) is 56.5 Å². The van der Waals surface area contributed by atoms with Crippen LogP contribution in [-0.2, 0) is 6.54 Å². The van der Waals surface area contributed by atoms with E-state index in [1.807, 2.05) is 19.1 Å². The first-order valence-corrected chi connectivity index (χ1v) is 7.58. The highest BCUT2D eigenvalue weighted by Crippen LogP contribution is 2.32. The molecule has 0 fully saturated rings. The Kier molecular flexibility index (Phi) is 4.95. The van der Waals surface area contributed by atoms with Crippen molar-refractivity contribution in [3.63, 3.8) is 0 Å². The molecule has 5 nitrogen and oxygen atoms in total. The maximum absolute atomic E-state index is 12.2. The third kappa shape index (κ3) is 3.47. The highest BCUT2D eigenvalue weighted by molar-refractivity contribution is 9.11. The Morgan fingerprint density at radius 2 is 2.05 bits per heavy atom. The number of hydrogen-bond acceptors (Lipinski definition) is 3. The summed E-state index contributed by atoms with van der Waals surface area (Å²) in [6.07, 6.45) is 3.28. The van der Waals surface area contributed by atoms with Gasteiger partial charge in [0.1, 0.15) is 5.69 Å². The number of carbonyl (C=O) groups is 1. The van der Waals surface area contributed by atoms with Crippen molar-refractivity contribution in [3.8, 4) is 0 Å². The van der Waals surface area contributed by atoms with Crippen molar-refractivity contribution in [2.45, 2.75) is 13.5 Å². The molecule has 1 aromatic carbocycles. The topological polar surface area (TPSA) is 72.9 Å². The molecule has 7 heteroatoms. The van der Waals surface area contributed by atoms with Gasteiger partial charge in [0.05, 0.1) is 12.0 Å². The van der Waals surface area contributed by atoms with E-state index < -0.39 is 0 Å². The van der Waals surface area contributed by atoms with Gasteiger partial charge in [0, 0.05) is 28.2 Å². The molecule has 0 saturated heterocycles. The number of hydrogen-bond donors (Lipinski definition) is 2. The maximum atomic E-state index is 12.2. The van der Waals surface area contributed by atoms with Crippen LogP contribution in [0.5, 0.6) is 0 Å². The van der Waals surface area contributed by atoms with Crippen molar-refractivity contribution in [2.75, 3.05) is 11.9 Å². The zero-order valence-electron chi connectivity index (χ0n) is 10.9. The van der Waals surface area contributed by atoms with Crippen LogP contribution in [0.1, 0.15) is 16.1 Å². The lowest BCUT2D eigenvalue weighted by atomic mass is 10.2. The molecule has 0 saturated carbocycles. The Balaban J connectivity index is 2.19. The molecule has 1 heterocycles. The Labute approximate surface area is 133 Å². The highest BCUT2D eigenvalue weighted by Gasteiger charge is 2.14. The zero-order chi connectivity index (χ0) is 14.7. The van der Waals surface area contributed by atoms with Gasteiger partial charge in [-0.15, -0.1) is 0 Å². The average molecular weight is 402 g/mol. The summed E-state index contributed by atoms with van der Waals surface area (Å²) in [5.74, 6) is -0.258. The van der Waals surface area contributed by atoms with E-state index in [-0.39, 0.29) is 5.91 Å². The van der Waals surface area contributed by atoms with Crippen molar-refractivity contribution in [3.05, 3.63) is 44.9 Å². The molecule has 0 unspecified atom stereocenters. The molecule has 20 heavy (non-hydrogen) atoms. The van der Waals surface area contributed by atoms with E-state index in [4.69, 9.17) is 5.73 Å². The molecule has 2 aromatic rings. The summed E-state index contributed by atoms with van der Waals surface area (Å²) in [6.45, 7) is 3.13. The number of carbonyl (C=O) groups excluding carboxylic acids is 1. The maximum Gasteiger partial charge on any atom is 0.275 e. The number of benzene rings is 1. The van der Waals surface area contributed by atoms with E-state index in [9.17, 15) is 4.79 Å². The van der Waals surface area contributed by atoms with Gasteiger partial charge in [0.15, 0.2) is 0 Å². The predicted molar refractivity (Wildman–Crippen MR) is 85.8 cm³/mol. The van der Waals surface area contributed by atoms with Crippen molar-refractivity contribution >= 4 is 43.5 Å². The number of nitrogens with two attached hydrogens (primary N) is 1. The summed E-state index contributed by atoms with van der Waals surface area (Å²) in [5.41, 5.74) is 7.60. The van der Waals surface area contributed by atoms with Crippen LogP contribution in [0.15, 0.2) is 33.6 Å². The van der Waals surface area contributed by atoms with Gasteiger partial charge in [-0.1, -0.05) is 0 Å². The number of aryl methyl sites for hydroxylation is 1. The predicted octanol–water partition coefficient (Wildman–Crippen LogP) is 2.93. The normalized spacial score (nSPS) is 10.6. The molecule has 0 aliphatic carbocycles. The fourth-order valence-corrected chi connectivity index (χ4v) is 3.36. The fraction of sp³-hybridized carbons (Fsp3) is 0.231. The van der Waals surface area contributed by atoms with Crippen LogP contribution in [0.25, 0.3) is 0 Å². The Hall–Kier alpha value is -1.18. The number of halogens is 2. The van der Waals surface area contributed by atoms with Crippen LogP contribution in [0, 0.1) is 6.92 Å². The van der Waals surface area contributed by atoms with Gasteiger partial charge in [-0.2, -0.15) is 0 Å². The second kappa shape index (κ2) is 6.51. The molecular weight excluding hydrogens is 388 g/mol. The molecule has 1 aromatic heterocycles. The molecule has 0 radical (unpaired) electrons. The minimum absolute atomic E-state index is 0.258. The second-order valence-corrected chi connectivity index (χ2v) is 6.05. The van der Waals surface area contributed by atoms with Gasteiger partial charge in [0.2, 0.25) is 0 Å². The van der Waals surface area contributed by atoms with Gasteiger partial charge < -0.3 is 15.6 Å². The summed E-state index contributed by atoms with van der Waals surface area (Å²) in [4.78, 5) is 16.2. The average Bonchev–Trinajstić information content (AvgIpc) is 2.82. The standard InChI is InChI=1S/C13H14Br2N4O/c1-8-4-9(14)12(10(15)5-8)18-13(20)11-6-19(3-2-16)7-17-11/h4-7H,2-3,16H2,1H3,(H,18,20). The number of nitrogens with one attached hydrogen (secondary N) is 1. The van der Waals surface area contributed by atoms with Crippen molar-refractivity contribution in [1.29, 1.82) is 0 Å². The van der Waals surface area contributed by atoms with Crippen LogP contribution < -0.4 is 11.1 Å². The quantitative estimate of drug-likeness (QED) is 0.827. The van der Waals surface area contributed by atoms with Crippen molar-refractivity contribution in [1.82, 2.24) is 9.55 Å². The van der Waals surface area contributed by atoms with Crippen LogP contribution in [-0.4, -0.2) is 22.0 Å². The number of anilines is 1. The number of nitrogens with zero attached hydrogens (tertiary/aromatic N) is 2. The summed E-state index contributed by atoms with van der Waals surface area (Å²) >= 11 is 6.88. The van der Waals surface area contributed by atoms with Crippen molar-refractivity contribution < 1.29 is 4.79 Å². The minimum Gasteiger partial charge on any atom is -0.335 e. The summed E-state index contributed by atoms with van der Waals surface area (Å²) in [6, 6.07) is 3.88. The molecule has 0 atom stereocenters. The first-order valence-electron chi connectivity index (χ1n) is 6.00. The minimum atomic E-state index is -0.258. The molecule has 106 valence electrons. The van der Waals surface area contributed by atoms with E-state index in [0.717, 1.165) is 14.5 Å². The monoisotopic (exact) mass is 400 g/mol. The fourth-order valence-electron chi connectivity index (χ4n) is 1.75. The van der Waals surface area contributed by atoms with E-state index in [0.29, 0.717) is 24.5 Å². The Bertz CT molecular complexity index is 616. The van der Waals surface area contributed by atoms with Crippen molar-refractivity contribution in [2.24, 2.45) is 5.73 Å². The first-order chi connectivity index (χ1) is 9.51. The molecule has 0 spiro atoms. The van der Waals surface area contributed by atoms with E-state index >= 15 is 0 Å². The molecule has 3 N–H and O–H groups in total. The van der Waals surface area contributed by atoms with Gasteiger partial charge in [0.25, 0.3) is 5.91 Å². The van der Waals surface area contributed by atoms with Crippen LogP contribution in [0.3, 0.4) is 0 Å². The number of amides is 1. The Morgan fingerprint density at radius 1 is 1.40 bits per heavy atom. The largest absolute Gasteiger partial charge is 0.335 e. The smallest absolute Gasteiger partial charge is 0.275 e. The zero-order valence-corrected chi connectivity index (χ0v) is 14.0. The van der Waals surface area contributed by atoms with E-state index in [2.05, 4.69) is 42.2 Å². The molecular formula is C13H14Br2N4O. The lowest BCUT2D eigenvalue weighted by Gasteiger charge is -2.09. The third-order valence-electron chi connectivity index (χ3n) is 2.68. The SMILES string of the molecule is Cc1cc(Br)c(NC(=O)c2cn(CCN)cn2)c(Br)c1. The summed E-state index contributed by atoms with van der Waals surface area (Å²) < 4.78 is 3.42. The molecule has 0 aliphatic heterocycles. The first kappa shape index (κ1) is 15.2. The Morgan fingerprint density at radius 3 is 2.65 bits per heavy atom. The van der Waals surface area contributed by atoms with Crippen LogP contribution in [0.2, 0.25) is 0 Å². The van der Waals surface area contributed by atoms with Crippen LogP contribution in [0.4, 0.5) is 5.69 Å². The van der Waals surface area contributed by atoms with E-state index in [1.165, 1.54) is 0 Å². The summed E-state index contributed by atoms with van der Waals surface area (Å²) in [5, 5.41) is 2.84. The van der Waals surface area contributed by atoms with Gasteiger partial charge in [-0.25, -0.2) is 4.98 Å². The number of aromatic nitrogens is 2. The lowest BCUT2D eigenvalue weighted by Crippen LogP contribution is -2.13. The molecule has 0 bridgehead atoms. The number of rotatable bonds is 4. The summed E-state index contributed by atoms with van der Waals surface area (Å²) in [7, 11) is 0. The highest BCUT2D eigenvalue weighted by atomic mass is 79.9. The van der Waals surface area contributed by atoms with Gasteiger partial charge in [-0.3, -0.25) is 4.79 Å². The molecule has 0 aliphatic rings.